The van der Waals surface area contributed by atoms with Crippen molar-refractivity contribution in [3.8, 4) is 0 Å². The molecule has 84 valence electrons. The molecule has 0 bridgehead atoms. The first-order valence-electron chi connectivity index (χ1n) is 3.88. The predicted molar refractivity (Wildman–Crippen MR) is 47.3 cm³/mol. The number of carboxylic acid groups (broad SMARTS) is 3. The van der Waals surface area contributed by atoms with Gasteiger partial charge in [-0.05, 0) is 12.1 Å². The summed E-state index contributed by atoms with van der Waals surface area (Å²) in [6.45, 7) is 0. The predicted octanol–water partition coefficient (Wildman–Crippen LogP) is 0.920. The zero-order chi connectivity index (χ0) is 12.5. The van der Waals surface area contributed by atoms with Crippen LogP contribution in [0.5, 0.6) is 0 Å². The molecule has 0 aliphatic carbocycles. The van der Waals surface area contributed by atoms with Crippen LogP contribution >= 0.6 is 0 Å². The molecular weight excluding hydrogens is 223 g/mol. The van der Waals surface area contributed by atoms with E-state index in [1.54, 1.807) is 0 Å². The second-order valence-electron chi connectivity index (χ2n) is 2.80. The number of carboxylic acids is 3. The zero-order valence-electron chi connectivity index (χ0n) is 7.60. The highest BCUT2D eigenvalue weighted by molar-refractivity contribution is 6.03. The average Bonchev–Trinajstić information content (AvgIpc) is 2.15. The van der Waals surface area contributed by atoms with E-state index >= 15 is 0 Å². The first kappa shape index (κ1) is 11.6. The minimum atomic E-state index is -1.77. The van der Waals surface area contributed by atoms with E-state index in [1.807, 2.05) is 0 Å². The van der Waals surface area contributed by atoms with E-state index in [-0.39, 0.29) is 0 Å². The molecule has 1 aromatic rings. The maximum atomic E-state index is 13.2. The summed E-state index contributed by atoms with van der Waals surface area (Å²) in [4.78, 5) is 31.7. The van der Waals surface area contributed by atoms with E-state index in [2.05, 4.69) is 0 Å². The first-order chi connectivity index (χ1) is 7.34. The van der Waals surface area contributed by atoms with Gasteiger partial charge < -0.3 is 15.3 Å². The van der Waals surface area contributed by atoms with E-state index in [1.165, 1.54) is 0 Å². The number of hydrogen-bond donors (Lipinski definition) is 3. The van der Waals surface area contributed by atoms with E-state index in [4.69, 9.17) is 15.3 Å². The average molecular weight is 228 g/mol. The van der Waals surface area contributed by atoms with Gasteiger partial charge >= 0.3 is 17.9 Å². The monoisotopic (exact) mass is 228 g/mol. The molecule has 0 unspecified atom stereocenters. The first-order valence-corrected chi connectivity index (χ1v) is 3.88. The Morgan fingerprint density at radius 3 is 1.88 bits per heavy atom. The maximum absolute atomic E-state index is 13.2. The van der Waals surface area contributed by atoms with Crippen molar-refractivity contribution in [3.63, 3.8) is 0 Å². The lowest BCUT2D eigenvalue weighted by Gasteiger charge is -2.04. The van der Waals surface area contributed by atoms with Crippen LogP contribution in [0.15, 0.2) is 12.1 Å². The van der Waals surface area contributed by atoms with Gasteiger partial charge in [0.1, 0.15) is 11.4 Å². The lowest BCUT2D eigenvalue weighted by atomic mass is 10.0. The molecule has 6 nitrogen and oxygen atoms in total. The molecule has 0 aromatic heterocycles. The maximum Gasteiger partial charge on any atom is 0.339 e. The molecule has 0 saturated heterocycles. The minimum absolute atomic E-state index is 0.457. The fraction of sp³-hybridized carbons (Fsp3) is 0. The van der Waals surface area contributed by atoms with Crippen molar-refractivity contribution in [2.45, 2.75) is 0 Å². The van der Waals surface area contributed by atoms with Gasteiger partial charge in [-0.25, -0.2) is 18.8 Å². The SMILES string of the molecule is O=C(O)c1cc(F)c(C(=O)O)c(C(=O)O)c1. The molecule has 7 heteroatoms. The van der Waals surface area contributed by atoms with E-state index < -0.39 is 40.4 Å². The Kier molecular flexibility index (Phi) is 2.89. The fourth-order valence-corrected chi connectivity index (χ4v) is 1.12. The highest BCUT2D eigenvalue weighted by atomic mass is 19.1. The van der Waals surface area contributed by atoms with Crippen molar-refractivity contribution in [3.05, 3.63) is 34.6 Å². The van der Waals surface area contributed by atoms with Gasteiger partial charge in [-0.15, -0.1) is 0 Å². The Labute approximate surface area is 87.6 Å². The summed E-state index contributed by atoms with van der Waals surface area (Å²) in [5.41, 5.74) is -2.58. The summed E-state index contributed by atoms with van der Waals surface area (Å²) >= 11 is 0. The molecule has 0 saturated carbocycles. The normalized spacial score (nSPS) is 9.81. The van der Waals surface area contributed by atoms with E-state index in [0.29, 0.717) is 12.1 Å². The van der Waals surface area contributed by atoms with Gasteiger partial charge in [-0.1, -0.05) is 0 Å². The van der Waals surface area contributed by atoms with Crippen LogP contribution in [0, 0.1) is 5.82 Å². The van der Waals surface area contributed by atoms with Gasteiger partial charge in [-0.3, -0.25) is 0 Å². The molecule has 0 spiro atoms. The van der Waals surface area contributed by atoms with Crippen LogP contribution in [-0.2, 0) is 0 Å². The van der Waals surface area contributed by atoms with Crippen molar-refractivity contribution in [2.75, 3.05) is 0 Å². The largest absolute Gasteiger partial charge is 0.478 e. The van der Waals surface area contributed by atoms with Crippen LogP contribution in [0.4, 0.5) is 4.39 Å². The summed E-state index contributed by atoms with van der Waals surface area (Å²) in [7, 11) is 0. The summed E-state index contributed by atoms with van der Waals surface area (Å²) in [6, 6.07) is 1.05. The topological polar surface area (TPSA) is 112 Å². The molecule has 0 heterocycles. The highest BCUT2D eigenvalue weighted by Crippen LogP contribution is 2.17. The Morgan fingerprint density at radius 2 is 1.50 bits per heavy atom. The molecule has 0 radical (unpaired) electrons. The molecule has 16 heavy (non-hydrogen) atoms. The smallest absolute Gasteiger partial charge is 0.339 e. The van der Waals surface area contributed by atoms with Crippen LogP contribution in [0.2, 0.25) is 0 Å². The Bertz CT molecular complexity index is 493. The van der Waals surface area contributed by atoms with E-state index in [9.17, 15) is 18.8 Å². The van der Waals surface area contributed by atoms with Crippen LogP contribution < -0.4 is 0 Å². The number of benzene rings is 1. The van der Waals surface area contributed by atoms with Gasteiger partial charge in [0.05, 0.1) is 11.1 Å². The molecule has 0 aliphatic heterocycles. The molecule has 0 atom stereocenters. The third kappa shape index (κ3) is 1.97. The van der Waals surface area contributed by atoms with Crippen LogP contribution in [0.1, 0.15) is 31.1 Å². The molecular formula is C9H5FO6. The molecule has 0 fully saturated rings. The van der Waals surface area contributed by atoms with Gasteiger partial charge in [0.25, 0.3) is 0 Å². The molecule has 1 rings (SSSR count). The zero-order valence-corrected chi connectivity index (χ0v) is 7.60. The summed E-state index contributed by atoms with van der Waals surface area (Å²) < 4.78 is 13.2. The van der Waals surface area contributed by atoms with Gasteiger partial charge in [0.15, 0.2) is 0 Å². The summed E-state index contributed by atoms with van der Waals surface area (Å²) in [5, 5.41) is 25.7. The fourth-order valence-electron chi connectivity index (χ4n) is 1.12. The second-order valence-corrected chi connectivity index (χ2v) is 2.80. The number of hydrogen-bond acceptors (Lipinski definition) is 3. The third-order valence-corrected chi connectivity index (χ3v) is 1.78. The molecule has 0 amide bonds. The minimum Gasteiger partial charge on any atom is -0.478 e. The van der Waals surface area contributed by atoms with Crippen molar-refractivity contribution in [2.24, 2.45) is 0 Å². The molecule has 3 N–H and O–H groups in total. The van der Waals surface area contributed by atoms with Crippen molar-refractivity contribution in [1.82, 2.24) is 0 Å². The van der Waals surface area contributed by atoms with Crippen molar-refractivity contribution in [1.29, 1.82) is 0 Å². The Hall–Kier alpha value is -2.44. The van der Waals surface area contributed by atoms with Crippen molar-refractivity contribution >= 4 is 17.9 Å². The number of carbonyl (C=O) groups is 3. The second kappa shape index (κ2) is 3.97. The number of aromatic carboxylic acids is 3. The molecule has 0 aliphatic rings. The number of halogens is 1. The number of rotatable bonds is 3. The van der Waals surface area contributed by atoms with Gasteiger partial charge in [0, 0.05) is 0 Å². The standard InChI is InChI=1S/C9H5FO6/c10-5-2-3(7(11)12)1-4(8(13)14)6(5)9(15)16/h1-2H,(H,11,12)(H,13,14)(H,15,16). The lowest BCUT2D eigenvalue weighted by Crippen LogP contribution is -2.13. The van der Waals surface area contributed by atoms with Gasteiger partial charge in [-0.2, -0.15) is 0 Å². The van der Waals surface area contributed by atoms with Gasteiger partial charge in [0.2, 0.25) is 0 Å². The van der Waals surface area contributed by atoms with E-state index in [0.717, 1.165) is 0 Å². The quantitative estimate of drug-likeness (QED) is 0.709. The van der Waals surface area contributed by atoms with Crippen LogP contribution in [0.3, 0.4) is 0 Å². The van der Waals surface area contributed by atoms with Crippen LogP contribution in [-0.4, -0.2) is 33.2 Å². The third-order valence-electron chi connectivity index (χ3n) is 1.78. The Balaban J connectivity index is 3.58. The summed E-state index contributed by atoms with van der Waals surface area (Å²) in [6.07, 6.45) is 0. The lowest BCUT2D eigenvalue weighted by molar-refractivity contribution is 0.0644. The highest BCUT2D eigenvalue weighted by Gasteiger charge is 2.23. The van der Waals surface area contributed by atoms with Crippen molar-refractivity contribution < 1.29 is 34.1 Å². The van der Waals surface area contributed by atoms with Crippen LogP contribution in [0.25, 0.3) is 0 Å². The Morgan fingerprint density at radius 1 is 0.938 bits per heavy atom. The summed E-state index contributed by atoms with van der Waals surface area (Å²) in [5.74, 6) is -6.42. The molecule has 1 aromatic carbocycles.